The molecule has 5 rings (SSSR count). The topological polar surface area (TPSA) is 98.1 Å². The number of nitrogens with one attached hydrogen (secondary N) is 2. The van der Waals surface area contributed by atoms with Crippen LogP contribution >= 0.6 is 35.0 Å². The number of rotatable bonds is 8. The number of carbonyl (C=O) groups is 2. The first-order valence-electron chi connectivity index (χ1n) is 12.2. The second-order valence-corrected chi connectivity index (χ2v) is 11.2. The van der Waals surface area contributed by atoms with Gasteiger partial charge in [0.2, 0.25) is 5.88 Å². The van der Waals surface area contributed by atoms with Gasteiger partial charge in [0.25, 0.3) is 11.8 Å². The highest BCUT2D eigenvalue weighted by atomic mass is 35.5. The molecule has 1 saturated carbocycles. The molecule has 1 aliphatic heterocycles. The highest BCUT2D eigenvalue weighted by Crippen LogP contribution is 2.30. The predicted molar refractivity (Wildman–Crippen MR) is 147 cm³/mol. The van der Waals surface area contributed by atoms with E-state index in [0.717, 1.165) is 24.3 Å². The third-order valence-electron chi connectivity index (χ3n) is 6.56. The molecule has 0 radical (unpaired) electrons. The lowest BCUT2D eigenvalue weighted by Gasteiger charge is -2.24. The van der Waals surface area contributed by atoms with Crippen LogP contribution in [-0.2, 0) is 0 Å². The van der Waals surface area contributed by atoms with E-state index in [0.29, 0.717) is 51.0 Å². The van der Waals surface area contributed by atoms with E-state index < -0.39 is 5.91 Å². The van der Waals surface area contributed by atoms with Crippen LogP contribution in [0.5, 0.6) is 5.88 Å². The fraction of sp³-hybridized carbons (Fsp3) is 0.385. The molecule has 3 aromatic rings. The van der Waals surface area contributed by atoms with Crippen LogP contribution in [0.1, 0.15) is 52.1 Å². The Morgan fingerprint density at radius 2 is 1.95 bits per heavy atom. The molecule has 37 heavy (non-hydrogen) atoms. The van der Waals surface area contributed by atoms with Gasteiger partial charge in [-0.25, -0.2) is 9.67 Å². The van der Waals surface area contributed by atoms with Gasteiger partial charge < -0.3 is 15.4 Å². The summed E-state index contributed by atoms with van der Waals surface area (Å²) >= 11 is 14.5. The van der Waals surface area contributed by atoms with Gasteiger partial charge in [-0.1, -0.05) is 36.0 Å². The predicted octanol–water partition coefficient (Wildman–Crippen LogP) is 5.55. The SMILES string of the molecule is Cc1cc(Cl)cc(C(=O)NCC2CCCC2)c1NC(=O)c1cc(OC2CSC2)nn1-c1ncccc1Cl. The first-order chi connectivity index (χ1) is 17.9. The van der Waals surface area contributed by atoms with Crippen molar-refractivity contribution in [2.45, 2.75) is 38.7 Å². The van der Waals surface area contributed by atoms with Gasteiger partial charge in [-0.15, -0.1) is 5.10 Å². The first-order valence-corrected chi connectivity index (χ1v) is 14.1. The van der Waals surface area contributed by atoms with E-state index in [2.05, 4.69) is 20.7 Å². The Balaban J connectivity index is 1.44. The van der Waals surface area contributed by atoms with Gasteiger partial charge in [-0.2, -0.15) is 11.8 Å². The minimum atomic E-state index is -0.484. The molecule has 2 fully saturated rings. The number of nitrogens with zero attached hydrogens (tertiary/aromatic N) is 3. The maximum atomic E-state index is 13.6. The van der Waals surface area contributed by atoms with Gasteiger partial charge >= 0.3 is 0 Å². The second-order valence-electron chi connectivity index (χ2n) is 9.33. The summed E-state index contributed by atoms with van der Waals surface area (Å²) in [6, 6.07) is 8.22. The molecule has 0 spiro atoms. The average molecular weight is 561 g/mol. The van der Waals surface area contributed by atoms with Crippen molar-refractivity contribution in [2.24, 2.45) is 5.92 Å². The number of aromatic nitrogens is 3. The first kappa shape index (κ1) is 25.9. The van der Waals surface area contributed by atoms with Crippen LogP contribution in [-0.4, -0.2) is 50.7 Å². The van der Waals surface area contributed by atoms with Crippen molar-refractivity contribution in [1.29, 1.82) is 0 Å². The van der Waals surface area contributed by atoms with Gasteiger partial charge in [0.15, 0.2) is 5.82 Å². The Morgan fingerprint density at radius 1 is 1.16 bits per heavy atom. The Kier molecular flexibility index (Phi) is 7.92. The van der Waals surface area contributed by atoms with Crippen LogP contribution in [0.15, 0.2) is 36.5 Å². The number of halogens is 2. The summed E-state index contributed by atoms with van der Waals surface area (Å²) in [5.74, 6) is 2.05. The lowest BCUT2D eigenvalue weighted by Crippen LogP contribution is -2.31. The molecule has 194 valence electrons. The van der Waals surface area contributed by atoms with Crippen molar-refractivity contribution < 1.29 is 14.3 Å². The van der Waals surface area contributed by atoms with Gasteiger partial charge in [-0.05, 0) is 55.5 Å². The fourth-order valence-corrected chi connectivity index (χ4v) is 5.58. The van der Waals surface area contributed by atoms with E-state index in [1.807, 2.05) is 0 Å². The third kappa shape index (κ3) is 5.89. The van der Waals surface area contributed by atoms with Crippen molar-refractivity contribution in [2.75, 3.05) is 23.4 Å². The fourth-order valence-electron chi connectivity index (χ4n) is 4.54. The number of hydrogen-bond acceptors (Lipinski definition) is 6. The molecular weight excluding hydrogens is 533 g/mol. The van der Waals surface area contributed by atoms with Crippen molar-refractivity contribution >= 4 is 52.5 Å². The summed E-state index contributed by atoms with van der Waals surface area (Å²) in [7, 11) is 0. The minimum absolute atomic E-state index is 0.0390. The number of hydrogen-bond donors (Lipinski definition) is 2. The van der Waals surface area contributed by atoms with Crippen LogP contribution in [0.3, 0.4) is 0 Å². The summed E-state index contributed by atoms with van der Waals surface area (Å²) in [4.78, 5) is 31.1. The molecule has 0 unspecified atom stereocenters. The molecule has 0 bridgehead atoms. The number of amides is 2. The Morgan fingerprint density at radius 3 is 2.65 bits per heavy atom. The monoisotopic (exact) mass is 559 g/mol. The van der Waals surface area contributed by atoms with Crippen molar-refractivity contribution in [1.82, 2.24) is 20.1 Å². The van der Waals surface area contributed by atoms with Gasteiger partial charge in [0.1, 0.15) is 11.8 Å². The number of pyridine rings is 1. The molecule has 1 saturated heterocycles. The normalized spacial score (nSPS) is 15.9. The lowest BCUT2D eigenvalue weighted by molar-refractivity contribution is 0.0948. The second kappa shape index (κ2) is 11.3. The van der Waals surface area contributed by atoms with Crippen molar-refractivity contribution in [3.8, 4) is 11.7 Å². The van der Waals surface area contributed by atoms with E-state index in [1.54, 1.807) is 55.2 Å². The van der Waals surface area contributed by atoms with Crippen LogP contribution in [0.2, 0.25) is 10.0 Å². The summed E-state index contributed by atoms with van der Waals surface area (Å²) < 4.78 is 7.30. The quantitative estimate of drug-likeness (QED) is 0.375. The van der Waals surface area contributed by atoms with Gasteiger partial charge in [0.05, 0.1) is 16.3 Å². The molecule has 3 heterocycles. The molecule has 2 aromatic heterocycles. The number of anilines is 1. The Labute approximate surface area is 229 Å². The van der Waals surface area contributed by atoms with E-state index in [1.165, 1.54) is 17.5 Å². The Bertz CT molecular complexity index is 1320. The minimum Gasteiger partial charge on any atom is -0.472 e. The van der Waals surface area contributed by atoms with Crippen molar-refractivity contribution in [3.63, 3.8) is 0 Å². The summed E-state index contributed by atoms with van der Waals surface area (Å²) in [5, 5.41) is 11.1. The van der Waals surface area contributed by atoms with Gasteiger partial charge in [-0.3, -0.25) is 9.59 Å². The molecule has 2 N–H and O–H groups in total. The lowest BCUT2D eigenvalue weighted by atomic mass is 10.1. The molecule has 8 nitrogen and oxygen atoms in total. The highest BCUT2D eigenvalue weighted by molar-refractivity contribution is 8.00. The van der Waals surface area contributed by atoms with Crippen LogP contribution in [0.25, 0.3) is 5.82 Å². The molecule has 2 amide bonds. The average Bonchev–Trinajstić information content (AvgIpc) is 3.52. The maximum absolute atomic E-state index is 13.6. The Hall–Kier alpha value is -2.75. The zero-order valence-electron chi connectivity index (χ0n) is 20.3. The molecule has 0 atom stereocenters. The maximum Gasteiger partial charge on any atom is 0.274 e. The van der Waals surface area contributed by atoms with Crippen molar-refractivity contribution in [3.05, 3.63) is 63.4 Å². The number of aryl methyl sites for hydroxylation is 1. The van der Waals surface area contributed by atoms with E-state index in [9.17, 15) is 9.59 Å². The zero-order valence-corrected chi connectivity index (χ0v) is 22.6. The number of thioether (sulfide) groups is 1. The summed E-state index contributed by atoms with van der Waals surface area (Å²) in [6.45, 7) is 2.40. The van der Waals surface area contributed by atoms with E-state index in [-0.39, 0.29) is 17.7 Å². The molecule has 11 heteroatoms. The molecular formula is C26H27Cl2N5O3S. The van der Waals surface area contributed by atoms with Crippen LogP contribution in [0, 0.1) is 12.8 Å². The molecule has 1 aliphatic carbocycles. The highest BCUT2D eigenvalue weighted by Gasteiger charge is 2.26. The third-order valence-corrected chi connectivity index (χ3v) is 8.29. The van der Waals surface area contributed by atoms with E-state index in [4.69, 9.17) is 27.9 Å². The smallest absolute Gasteiger partial charge is 0.274 e. The van der Waals surface area contributed by atoms with Crippen LogP contribution < -0.4 is 15.4 Å². The zero-order chi connectivity index (χ0) is 25.9. The van der Waals surface area contributed by atoms with E-state index >= 15 is 0 Å². The standard InChI is InChI=1S/C26H27Cl2N5O3S/c1-15-9-17(27)10-19(25(34)30-12-16-5-2-3-6-16)23(15)31-26(35)21-11-22(36-18-13-37-14-18)32-33(21)24-20(28)7-4-8-29-24/h4,7-11,16,18H,2-3,5-6,12-14H2,1H3,(H,30,34)(H,31,35). The summed E-state index contributed by atoms with van der Waals surface area (Å²) in [6.07, 6.45) is 6.22. The number of carbonyl (C=O) groups excluding carboxylic acids is 2. The largest absolute Gasteiger partial charge is 0.472 e. The molecule has 1 aromatic carbocycles. The number of benzene rings is 1. The molecule has 2 aliphatic rings. The summed E-state index contributed by atoms with van der Waals surface area (Å²) in [5.41, 5.74) is 1.53. The number of ether oxygens (including phenoxy) is 1. The van der Waals surface area contributed by atoms with Crippen LogP contribution in [0.4, 0.5) is 5.69 Å². The van der Waals surface area contributed by atoms with Gasteiger partial charge in [0, 0.05) is 35.3 Å².